The van der Waals surface area contributed by atoms with Gasteiger partial charge in [-0.15, -0.1) is 12.4 Å². The standard InChI is InChI=1S/C19H22N2O3.ClH/c1-23-21-12-6-11-20-19(22)24-13-18-16-9-4-2-7-14(16)15-8-3-5-10-17(15)18;/h2-5,7-10,18,21H,6,11-13H2,1H3,(H,20,22);1H. The second kappa shape index (κ2) is 9.42. The van der Waals surface area contributed by atoms with Crippen LogP contribution in [0.5, 0.6) is 0 Å². The van der Waals surface area contributed by atoms with Crippen molar-refractivity contribution < 1.29 is 14.4 Å². The van der Waals surface area contributed by atoms with Crippen molar-refractivity contribution in [1.82, 2.24) is 10.8 Å². The minimum Gasteiger partial charge on any atom is -0.449 e. The van der Waals surface area contributed by atoms with Crippen LogP contribution in [0.1, 0.15) is 23.5 Å². The maximum Gasteiger partial charge on any atom is 0.407 e. The fourth-order valence-corrected chi connectivity index (χ4v) is 3.10. The van der Waals surface area contributed by atoms with E-state index in [4.69, 9.17) is 9.57 Å². The lowest BCUT2D eigenvalue weighted by molar-refractivity contribution is 0.0905. The average molecular weight is 363 g/mol. The maximum atomic E-state index is 11.9. The van der Waals surface area contributed by atoms with E-state index in [0.717, 1.165) is 6.42 Å². The van der Waals surface area contributed by atoms with E-state index in [-0.39, 0.29) is 24.4 Å². The minimum absolute atomic E-state index is 0. The zero-order chi connectivity index (χ0) is 16.8. The Morgan fingerprint density at radius 1 is 1.00 bits per heavy atom. The van der Waals surface area contributed by atoms with Gasteiger partial charge in [-0.1, -0.05) is 48.5 Å². The van der Waals surface area contributed by atoms with Crippen molar-refractivity contribution in [3.05, 3.63) is 59.7 Å². The monoisotopic (exact) mass is 362 g/mol. The highest BCUT2D eigenvalue weighted by Gasteiger charge is 2.28. The number of ether oxygens (including phenoxy) is 1. The smallest absolute Gasteiger partial charge is 0.407 e. The molecule has 0 unspecified atom stereocenters. The topological polar surface area (TPSA) is 59.6 Å². The molecule has 0 radical (unpaired) electrons. The number of fused-ring (bicyclic) bond motifs is 3. The molecule has 2 N–H and O–H groups in total. The number of hydroxylamine groups is 1. The molecule has 1 aliphatic rings. The minimum atomic E-state index is -0.380. The first-order valence-corrected chi connectivity index (χ1v) is 8.16. The summed E-state index contributed by atoms with van der Waals surface area (Å²) in [4.78, 5) is 16.6. The third-order valence-electron chi connectivity index (χ3n) is 4.21. The van der Waals surface area contributed by atoms with Crippen LogP contribution >= 0.6 is 12.4 Å². The SMILES string of the molecule is CONCCCNC(=O)OCC1c2ccccc2-c2ccccc21.Cl. The Kier molecular flexibility index (Phi) is 7.25. The van der Waals surface area contributed by atoms with Crippen molar-refractivity contribution in [1.29, 1.82) is 0 Å². The Labute approximate surface area is 154 Å². The van der Waals surface area contributed by atoms with Gasteiger partial charge in [0.1, 0.15) is 6.61 Å². The number of rotatable bonds is 7. The molecule has 1 aliphatic carbocycles. The van der Waals surface area contributed by atoms with Crippen LogP contribution in [0.25, 0.3) is 11.1 Å². The zero-order valence-electron chi connectivity index (χ0n) is 14.2. The van der Waals surface area contributed by atoms with Gasteiger partial charge in [0.05, 0.1) is 7.11 Å². The predicted octanol–water partition coefficient (Wildman–Crippen LogP) is 3.49. The van der Waals surface area contributed by atoms with Gasteiger partial charge < -0.3 is 14.9 Å². The lowest BCUT2D eigenvalue weighted by atomic mass is 9.98. The van der Waals surface area contributed by atoms with Gasteiger partial charge in [-0.2, -0.15) is 0 Å². The molecule has 134 valence electrons. The van der Waals surface area contributed by atoms with Crippen molar-refractivity contribution in [3.8, 4) is 11.1 Å². The Balaban J connectivity index is 0.00000225. The van der Waals surface area contributed by atoms with Gasteiger partial charge in [0.2, 0.25) is 0 Å². The lowest BCUT2D eigenvalue weighted by Crippen LogP contribution is -2.28. The molecular weight excluding hydrogens is 340 g/mol. The summed E-state index contributed by atoms with van der Waals surface area (Å²) in [7, 11) is 1.57. The van der Waals surface area contributed by atoms with Gasteiger partial charge in [-0.3, -0.25) is 0 Å². The van der Waals surface area contributed by atoms with Crippen LogP contribution in [0.15, 0.2) is 48.5 Å². The van der Waals surface area contributed by atoms with E-state index >= 15 is 0 Å². The van der Waals surface area contributed by atoms with Crippen LogP contribution in [-0.2, 0) is 9.57 Å². The molecule has 0 saturated carbocycles. The Hall–Kier alpha value is -2.08. The molecule has 0 saturated heterocycles. The molecule has 5 nitrogen and oxygen atoms in total. The fraction of sp³-hybridized carbons (Fsp3) is 0.316. The Morgan fingerprint density at radius 2 is 1.60 bits per heavy atom. The molecule has 0 heterocycles. The summed E-state index contributed by atoms with van der Waals surface area (Å²) in [5.41, 5.74) is 7.62. The van der Waals surface area contributed by atoms with E-state index in [1.165, 1.54) is 22.3 Å². The summed E-state index contributed by atoms with van der Waals surface area (Å²) in [5.74, 6) is 0.0957. The second-order valence-corrected chi connectivity index (χ2v) is 5.70. The number of alkyl carbamates (subject to hydrolysis) is 1. The molecule has 2 aromatic rings. The molecule has 0 fully saturated rings. The first-order chi connectivity index (χ1) is 11.8. The van der Waals surface area contributed by atoms with E-state index in [2.05, 4.69) is 35.1 Å². The summed E-state index contributed by atoms with van der Waals surface area (Å²) in [5, 5.41) is 2.76. The molecule has 3 rings (SSSR count). The van der Waals surface area contributed by atoms with Crippen LogP contribution in [0, 0.1) is 0 Å². The molecular formula is C19H23ClN2O3. The van der Waals surface area contributed by atoms with Crippen molar-refractivity contribution in [2.24, 2.45) is 0 Å². The summed E-state index contributed by atoms with van der Waals surface area (Å²) in [6, 6.07) is 16.6. The van der Waals surface area contributed by atoms with Crippen LogP contribution < -0.4 is 10.8 Å². The van der Waals surface area contributed by atoms with Crippen molar-refractivity contribution in [3.63, 3.8) is 0 Å². The molecule has 2 aromatic carbocycles. The van der Waals surface area contributed by atoms with Gasteiger partial charge in [0.25, 0.3) is 0 Å². The van der Waals surface area contributed by atoms with E-state index in [1.807, 2.05) is 24.3 Å². The largest absolute Gasteiger partial charge is 0.449 e. The number of hydrogen-bond acceptors (Lipinski definition) is 4. The summed E-state index contributed by atoms with van der Waals surface area (Å²) in [6.07, 6.45) is 0.396. The number of nitrogens with one attached hydrogen (secondary N) is 2. The first-order valence-electron chi connectivity index (χ1n) is 8.16. The molecule has 1 amide bonds. The third-order valence-corrected chi connectivity index (χ3v) is 4.21. The summed E-state index contributed by atoms with van der Waals surface area (Å²) >= 11 is 0. The highest BCUT2D eigenvalue weighted by Crippen LogP contribution is 2.44. The number of carbonyl (C=O) groups excluding carboxylic acids is 1. The Bertz CT molecular complexity index is 663. The molecule has 0 spiro atoms. The Morgan fingerprint density at radius 3 is 2.20 bits per heavy atom. The molecule has 6 heteroatoms. The summed E-state index contributed by atoms with van der Waals surface area (Å²) < 4.78 is 5.44. The highest BCUT2D eigenvalue weighted by atomic mass is 35.5. The van der Waals surface area contributed by atoms with E-state index < -0.39 is 0 Å². The third kappa shape index (κ3) is 4.51. The van der Waals surface area contributed by atoms with Gasteiger partial charge >= 0.3 is 6.09 Å². The van der Waals surface area contributed by atoms with Gasteiger partial charge in [-0.25, -0.2) is 10.3 Å². The number of benzene rings is 2. The molecule has 0 atom stereocenters. The first kappa shape index (κ1) is 19.2. The number of hydrogen-bond donors (Lipinski definition) is 2. The molecule has 0 bridgehead atoms. The number of amides is 1. The van der Waals surface area contributed by atoms with Gasteiger partial charge in [-0.05, 0) is 28.7 Å². The highest BCUT2D eigenvalue weighted by molar-refractivity contribution is 5.85. The predicted molar refractivity (Wildman–Crippen MR) is 99.9 cm³/mol. The molecule has 0 aliphatic heterocycles. The van der Waals surface area contributed by atoms with Crippen LogP contribution in [0.4, 0.5) is 4.79 Å². The molecule has 0 aromatic heterocycles. The zero-order valence-corrected chi connectivity index (χ0v) is 15.0. The van der Waals surface area contributed by atoms with Gasteiger partial charge in [0.15, 0.2) is 0 Å². The quantitative estimate of drug-likeness (QED) is 0.584. The maximum absolute atomic E-state index is 11.9. The average Bonchev–Trinajstić information content (AvgIpc) is 2.94. The van der Waals surface area contributed by atoms with E-state index in [0.29, 0.717) is 19.7 Å². The van der Waals surface area contributed by atoms with Crippen LogP contribution in [0.3, 0.4) is 0 Å². The van der Waals surface area contributed by atoms with E-state index in [9.17, 15) is 4.79 Å². The summed E-state index contributed by atoms with van der Waals surface area (Å²) in [6.45, 7) is 1.57. The van der Waals surface area contributed by atoms with Gasteiger partial charge in [0, 0.05) is 19.0 Å². The number of carbonyl (C=O) groups is 1. The lowest BCUT2D eigenvalue weighted by Gasteiger charge is -2.14. The van der Waals surface area contributed by atoms with Crippen LogP contribution in [-0.4, -0.2) is 32.9 Å². The van der Waals surface area contributed by atoms with Crippen LogP contribution in [0.2, 0.25) is 0 Å². The van der Waals surface area contributed by atoms with Crippen molar-refractivity contribution in [2.45, 2.75) is 12.3 Å². The fourth-order valence-electron chi connectivity index (χ4n) is 3.10. The number of halogens is 1. The van der Waals surface area contributed by atoms with Crippen molar-refractivity contribution >= 4 is 18.5 Å². The molecule has 25 heavy (non-hydrogen) atoms. The second-order valence-electron chi connectivity index (χ2n) is 5.70. The normalized spacial score (nSPS) is 12.0. The van der Waals surface area contributed by atoms with Crippen molar-refractivity contribution in [2.75, 3.05) is 26.8 Å². The van der Waals surface area contributed by atoms with E-state index in [1.54, 1.807) is 7.11 Å².